The summed E-state index contributed by atoms with van der Waals surface area (Å²) in [6, 6.07) is 32.4. The molecule has 0 saturated heterocycles. The Hall–Kier alpha value is -3.10. The molecule has 0 aromatic heterocycles. The van der Waals surface area contributed by atoms with Crippen LogP contribution in [0.1, 0.15) is 13.3 Å². The number of ether oxygens (including phenoxy) is 1. The van der Waals surface area contributed by atoms with Crippen molar-refractivity contribution >= 4 is 46.3 Å². The molecule has 0 spiro atoms. The lowest BCUT2D eigenvalue weighted by Crippen LogP contribution is -2.31. The Labute approximate surface area is 266 Å². The maximum Gasteiger partial charge on any atom is 0.121 e. The summed E-state index contributed by atoms with van der Waals surface area (Å²) in [5, 5.41) is 0. The van der Waals surface area contributed by atoms with Crippen LogP contribution in [0.25, 0.3) is 0 Å². The van der Waals surface area contributed by atoms with Crippen LogP contribution >= 0.6 is 23.5 Å². The standard InChI is InChI=1S/C19H24N2OS.C17H20N2S/c1-14(12-20(2)3)13-21-16-7-5-6-8-18(16)23-19-10-9-15(22-4)11-17(19)21;1-18(2)12-7-13-19-14-8-3-5-10-16(14)20-17-11-6-4-9-15(17)19/h5-11,14H,12-13H2,1-4H3;3-6,8-11H,7,12-13H2,1-2H3/t14-;/m1./s1. The molecule has 0 amide bonds. The molecule has 4 aromatic rings. The fourth-order valence-corrected chi connectivity index (χ4v) is 7.86. The number of rotatable bonds is 9. The van der Waals surface area contributed by atoms with Gasteiger partial charge in [-0.3, -0.25) is 0 Å². The number of methoxy groups -OCH3 is 1. The summed E-state index contributed by atoms with van der Waals surface area (Å²) in [5.74, 6) is 1.48. The normalized spacial score (nSPS) is 13.9. The minimum atomic E-state index is 0.570. The summed E-state index contributed by atoms with van der Waals surface area (Å²) in [4.78, 5) is 14.7. The van der Waals surface area contributed by atoms with E-state index in [4.69, 9.17) is 4.74 Å². The lowest BCUT2D eigenvalue weighted by Gasteiger charge is -2.35. The molecular formula is C36H44N4OS2. The number of nitrogens with zero attached hydrogens (tertiary/aromatic N) is 4. The Bertz CT molecular complexity index is 1460. The van der Waals surface area contributed by atoms with Crippen molar-refractivity contribution < 1.29 is 4.74 Å². The molecule has 226 valence electrons. The van der Waals surface area contributed by atoms with E-state index in [-0.39, 0.29) is 0 Å². The predicted molar refractivity (Wildman–Crippen MR) is 185 cm³/mol. The second-order valence-electron chi connectivity index (χ2n) is 11.7. The van der Waals surface area contributed by atoms with Gasteiger partial charge in [0.25, 0.3) is 0 Å². The van der Waals surface area contributed by atoms with Crippen LogP contribution in [0, 0.1) is 5.92 Å². The monoisotopic (exact) mass is 612 g/mol. The van der Waals surface area contributed by atoms with Gasteiger partial charge in [-0.15, -0.1) is 0 Å². The molecule has 2 heterocycles. The summed E-state index contributed by atoms with van der Waals surface area (Å²) in [6.45, 7) is 6.56. The van der Waals surface area contributed by atoms with E-state index in [1.807, 2.05) is 29.6 Å². The fraction of sp³-hybridized carbons (Fsp3) is 0.333. The molecule has 7 heteroatoms. The van der Waals surface area contributed by atoms with Crippen LogP contribution in [0.4, 0.5) is 22.7 Å². The van der Waals surface area contributed by atoms with Crippen LogP contribution in [0.5, 0.6) is 5.75 Å². The molecular weight excluding hydrogens is 569 g/mol. The van der Waals surface area contributed by atoms with Crippen molar-refractivity contribution in [2.45, 2.75) is 32.9 Å². The molecule has 4 aromatic carbocycles. The molecule has 2 aliphatic rings. The lowest BCUT2D eigenvalue weighted by atomic mass is 10.1. The third kappa shape index (κ3) is 7.71. The SMILES string of the molecule is CN(C)CCCN1c2ccccc2Sc2ccccc21.COc1ccc2c(c1)N(C[C@H](C)CN(C)C)c1ccccc1S2. The molecule has 0 aliphatic carbocycles. The van der Waals surface area contributed by atoms with E-state index in [9.17, 15) is 0 Å². The summed E-state index contributed by atoms with van der Waals surface area (Å²) in [5.41, 5.74) is 5.23. The lowest BCUT2D eigenvalue weighted by molar-refractivity contribution is 0.342. The zero-order valence-corrected chi connectivity index (χ0v) is 27.9. The van der Waals surface area contributed by atoms with Gasteiger partial charge >= 0.3 is 0 Å². The first-order valence-corrected chi connectivity index (χ1v) is 16.6. The van der Waals surface area contributed by atoms with Gasteiger partial charge in [0.1, 0.15) is 5.75 Å². The Kier molecular flexibility index (Phi) is 10.6. The topological polar surface area (TPSA) is 22.2 Å². The number of hydrogen-bond acceptors (Lipinski definition) is 7. The minimum Gasteiger partial charge on any atom is -0.497 e. The Balaban J connectivity index is 0.000000173. The number of anilines is 4. The highest BCUT2D eigenvalue weighted by Crippen LogP contribution is 2.50. The number of hydrogen-bond donors (Lipinski definition) is 0. The maximum absolute atomic E-state index is 5.44. The second-order valence-corrected chi connectivity index (χ2v) is 13.9. The average Bonchev–Trinajstić information content (AvgIpc) is 3.00. The van der Waals surface area contributed by atoms with Gasteiger partial charge < -0.3 is 24.3 Å². The van der Waals surface area contributed by atoms with Gasteiger partial charge in [0, 0.05) is 45.3 Å². The Morgan fingerprint density at radius 1 is 0.651 bits per heavy atom. The molecule has 43 heavy (non-hydrogen) atoms. The highest BCUT2D eigenvalue weighted by Gasteiger charge is 2.25. The van der Waals surface area contributed by atoms with Gasteiger partial charge in [0.2, 0.25) is 0 Å². The van der Waals surface area contributed by atoms with Crippen molar-refractivity contribution in [2.24, 2.45) is 5.92 Å². The van der Waals surface area contributed by atoms with Crippen molar-refractivity contribution in [2.75, 3.05) is 71.3 Å². The first-order chi connectivity index (χ1) is 20.8. The van der Waals surface area contributed by atoms with E-state index in [1.165, 1.54) is 48.8 Å². The van der Waals surface area contributed by atoms with Crippen LogP contribution in [-0.4, -0.2) is 71.3 Å². The molecule has 0 fully saturated rings. The van der Waals surface area contributed by atoms with Gasteiger partial charge in [-0.2, -0.15) is 0 Å². The van der Waals surface area contributed by atoms with E-state index in [0.717, 1.165) is 31.9 Å². The molecule has 0 radical (unpaired) electrons. The van der Waals surface area contributed by atoms with Crippen molar-refractivity contribution in [3.8, 4) is 5.75 Å². The molecule has 2 aliphatic heterocycles. The molecule has 6 rings (SSSR count). The summed E-state index contributed by atoms with van der Waals surface area (Å²) in [6.07, 6.45) is 1.17. The van der Waals surface area contributed by atoms with Gasteiger partial charge in [0.05, 0.1) is 29.9 Å². The van der Waals surface area contributed by atoms with Crippen molar-refractivity contribution in [3.63, 3.8) is 0 Å². The first-order valence-electron chi connectivity index (χ1n) is 15.0. The van der Waals surface area contributed by atoms with Crippen molar-refractivity contribution in [1.82, 2.24) is 9.80 Å². The van der Waals surface area contributed by atoms with E-state index >= 15 is 0 Å². The first kappa shape index (κ1) is 31.3. The predicted octanol–water partition coefficient (Wildman–Crippen LogP) is 8.74. The van der Waals surface area contributed by atoms with E-state index < -0.39 is 0 Å². The molecule has 0 saturated carbocycles. The fourth-order valence-electron chi connectivity index (χ4n) is 5.69. The van der Waals surface area contributed by atoms with E-state index in [0.29, 0.717) is 5.92 Å². The smallest absolute Gasteiger partial charge is 0.121 e. The third-order valence-corrected chi connectivity index (χ3v) is 9.78. The van der Waals surface area contributed by atoms with Crippen LogP contribution in [0.3, 0.4) is 0 Å². The highest BCUT2D eigenvalue weighted by atomic mass is 32.2. The molecule has 5 nitrogen and oxygen atoms in total. The number of fused-ring (bicyclic) bond motifs is 4. The highest BCUT2D eigenvalue weighted by molar-refractivity contribution is 8.00. The summed E-state index contributed by atoms with van der Waals surface area (Å²) in [7, 11) is 10.3. The zero-order valence-electron chi connectivity index (χ0n) is 26.3. The number of benzene rings is 4. The summed E-state index contributed by atoms with van der Waals surface area (Å²) >= 11 is 3.71. The van der Waals surface area contributed by atoms with Gasteiger partial charge in [-0.25, -0.2) is 0 Å². The molecule has 1 atom stereocenters. The van der Waals surface area contributed by atoms with Crippen LogP contribution < -0.4 is 14.5 Å². The van der Waals surface area contributed by atoms with Gasteiger partial charge in [-0.05, 0) is 95.6 Å². The Morgan fingerprint density at radius 3 is 1.67 bits per heavy atom. The van der Waals surface area contributed by atoms with Crippen molar-refractivity contribution in [1.29, 1.82) is 0 Å². The summed E-state index contributed by atoms with van der Waals surface area (Å²) < 4.78 is 5.44. The minimum absolute atomic E-state index is 0.570. The molecule has 0 bridgehead atoms. The van der Waals surface area contributed by atoms with E-state index in [2.05, 4.69) is 140 Å². The van der Waals surface area contributed by atoms with Crippen molar-refractivity contribution in [3.05, 3.63) is 91.0 Å². The molecule has 0 N–H and O–H groups in total. The zero-order chi connectivity index (χ0) is 30.3. The second kappa shape index (κ2) is 14.6. The van der Waals surface area contributed by atoms with Gasteiger partial charge in [0.15, 0.2) is 0 Å². The third-order valence-electron chi connectivity index (χ3n) is 7.52. The largest absolute Gasteiger partial charge is 0.497 e. The quantitative estimate of drug-likeness (QED) is 0.186. The van der Waals surface area contributed by atoms with Crippen LogP contribution in [0.15, 0.2) is 111 Å². The number of para-hydroxylation sites is 3. The Morgan fingerprint density at radius 2 is 1.16 bits per heavy atom. The maximum atomic E-state index is 5.44. The van der Waals surface area contributed by atoms with E-state index in [1.54, 1.807) is 7.11 Å². The average molecular weight is 613 g/mol. The van der Waals surface area contributed by atoms with Gasteiger partial charge in [-0.1, -0.05) is 66.8 Å². The molecule has 0 unspecified atom stereocenters. The van der Waals surface area contributed by atoms with Crippen LogP contribution in [-0.2, 0) is 0 Å². The van der Waals surface area contributed by atoms with Crippen LogP contribution in [0.2, 0.25) is 0 Å².